The number of alkyl halides is 1. The number of benzene rings is 2. The van der Waals surface area contributed by atoms with Gasteiger partial charge in [-0.25, -0.2) is 13.2 Å². The number of halogens is 3. The van der Waals surface area contributed by atoms with Crippen LogP contribution in [0.5, 0.6) is 11.8 Å². The summed E-state index contributed by atoms with van der Waals surface area (Å²) in [5.41, 5.74) is 7.00. The molecule has 3 N–H and O–H groups in total. The number of aromatic hydroxyl groups is 1. The lowest BCUT2D eigenvalue weighted by Crippen LogP contribution is -2.43. The molecule has 6 heterocycles. The van der Waals surface area contributed by atoms with Crippen LogP contribution in [0.3, 0.4) is 0 Å². The molecule has 244 valence electrons. The predicted molar refractivity (Wildman–Crippen MR) is 172 cm³/mol. The van der Waals surface area contributed by atoms with Gasteiger partial charge in [-0.3, -0.25) is 14.6 Å². The minimum atomic E-state index is -0.928. The number of phenolic OH excluding ortho intramolecular Hbond substituents is 1. The Hall–Kier alpha value is -4.65. The van der Waals surface area contributed by atoms with Gasteiger partial charge in [0.15, 0.2) is 5.82 Å². The number of aromatic nitrogens is 5. The van der Waals surface area contributed by atoms with E-state index in [0.29, 0.717) is 72.4 Å². The fourth-order valence-corrected chi connectivity index (χ4v) is 7.86. The summed E-state index contributed by atoms with van der Waals surface area (Å²) in [6, 6.07) is 7.62. The molecule has 0 aliphatic carbocycles. The van der Waals surface area contributed by atoms with Gasteiger partial charge in [0.1, 0.15) is 47.2 Å². The normalized spacial score (nSPS) is 21.4. The Morgan fingerprint density at radius 2 is 1.98 bits per heavy atom. The predicted octanol–water partition coefficient (Wildman–Crippen LogP) is 5.54. The van der Waals surface area contributed by atoms with Crippen LogP contribution < -0.4 is 15.4 Å². The monoisotopic (exact) mass is 644 g/mol. The van der Waals surface area contributed by atoms with Crippen molar-refractivity contribution in [3.63, 3.8) is 0 Å². The summed E-state index contributed by atoms with van der Waals surface area (Å²) in [5.74, 6) is -0.410. The fraction of sp³-hybridized carbons (Fsp3) is 0.412. The first-order valence-corrected chi connectivity index (χ1v) is 16.1. The van der Waals surface area contributed by atoms with E-state index in [2.05, 4.69) is 20.0 Å². The third-order valence-corrected chi connectivity index (χ3v) is 9.97. The zero-order valence-corrected chi connectivity index (χ0v) is 26.0. The summed E-state index contributed by atoms with van der Waals surface area (Å²) in [6.45, 7) is 4.85. The van der Waals surface area contributed by atoms with Crippen LogP contribution in [0.4, 0.5) is 24.8 Å². The van der Waals surface area contributed by atoms with Gasteiger partial charge in [-0.15, -0.1) is 0 Å². The summed E-state index contributed by atoms with van der Waals surface area (Å²) < 4.78 is 54.6. The van der Waals surface area contributed by atoms with E-state index < -0.39 is 23.3 Å². The fourth-order valence-electron chi connectivity index (χ4n) is 7.86. The average Bonchev–Trinajstić information content (AvgIpc) is 3.65. The molecule has 0 spiro atoms. The Labute approximate surface area is 269 Å². The van der Waals surface area contributed by atoms with Crippen molar-refractivity contribution in [1.82, 2.24) is 29.6 Å². The van der Waals surface area contributed by atoms with Crippen LogP contribution in [0.25, 0.3) is 32.9 Å². The zero-order chi connectivity index (χ0) is 32.4. The minimum absolute atomic E-state index is 0.0196. The number of anilines is 2. The van der Waals surface area contributed by atoms with Crippen LogP contribution in [0, 0.1) is 11.6 Å². The van der Waals surface area contributed by atoms with E-state index in [1.54, 1.807) is 6.07 Å². The topological polar surface area (TPSA) is 118 Å². The first-order valence-electron chi connectivity index (χ1n) is 16.1. The highest BCUT2D eigenvalue weighted by atomic mass is 19.1. The molecule has 3 aliphatic rings. The summed E-state index contributed by atoms with van der Waals surface area (Å²) in [5, 5.41) is 16.4. The molecule has 2 aromatic carbocycles. The molecule has 3 aromatic heterocycles. The third-order valence-electron chi connectivity index (χ3n) is 9.97. The lowest BCUT2D eigenvalue weighted by Gasteiger charge is -2.31. The maximum Gasteiger partial charge on any atom is 0.319 e. The van der Waals surface area contributed by atoms with E-state index in [0.717, 1.165) is 31.5 Å². The lowest BCUT2D eigenvalue weighted by molar-refractivity contribution is 0.107. The molecule has 0 unspecified atom stereocenters. The van der Waals surface area contributed by atoms with Gasteiger partial charge in [-0.1, -0.05) is 13.0 Å². The smallest absolute Gasteiger partial charge is 0.319 e. The average molecular weight is 645 g/mol. The largest absolute Gasteiger partial charge is 0.508 e. The molecule has 13 heteroatoms. The van der Waals surface area contributed by atoms with Crippen molar-refractivity contribution in [3.8, 4) is 23.0 Å². The van der Waals surface area contributed by atoms with Crippen LogP contribution >= 0.6 is 0 Å². The second-order valence-electron chi connectivity index (χ2n) is 12.9. The molecule has 47 heavy (non-hydrogen) atoms. The standard InChI is InChI=1S/C34H35F3N8O2/c1-2-23-26(36)6-5-19-11-22(46)13-24(28(19)23)30-29(37)31-25(15-39-30)32(43-8-4-10-45-21(17-43)12-27(38)42-45)41-33(40-31)47-18-34-7-3-9-44(34)16-20(35)14-34/h5-6,11-13,15,20,46H,2-4,7-10,14,16-18H2,1H3,(H2,38,42)/t20-,34+/m1/s1. The number of nitrogens with two attached hydrogens (primary N) is 1. The van der Waals surface area contributed by atoms with Gasteiger partial charge in [0.05, 0.1) is 23.2 Å². The van der Waals surface area contributed by atoms with E-state index in [-0.39, 0.29) is 35.1 Å². The molecule has 2 atom stereocenters. The van der Waals surface area contributed by atoms with E-state index >= 15 is 4.39 Å². The molecular weight excluding hydrogens is 609 g/mol. The first kappa shape index (κ1) is 29.7. The molecule has 5 aromatic rings. The van der Waals surface area contributed by atoms with Crippen molar-refractivity contribution < 1.29 is 23.0 Å². The molecule has 0 saturated carbocycles. The number of phenols is 1. The van der Waals surface area contributed by atoms with E-state index in [1.165, 1.54) is 24.4 Å². The molecular formula is C34H35F3N8O2. The van der Waals surface area contributed by atoms with Crippen molar-refractivity contribution in [2.45, 2.75) is 63.8 Å². The molecule has 0 radical (unpaired) electrons. The van der Waals surface area contributed by atoms with Gasteiger partial charge >= 0.3 is 6.01 Å². The zero-order valence-electron chi connectivity index (χ0n) is 26.0. The number of nitrogen functional groups attached to an aromatic ring is 1. The quantitative estimate of drug-likeness (QED) is 0.246. The van der Waals surface area contributed by atoms with Crippen molar-refractivity contribution in [1.29, 1.82) is 0 Å². The van der Waals surface area contributed by atoms with Gasteiger partial charge in [0.25, 0.3) is 0 Å². The summed E-state index contributed by atoms with van der Waals surface area (Å²) in [6.07, 6.45) is 3.80. The number of rotatable bonds is 6. The molecule has 0 bridgehead atoms. The maximum atomic E-state index is 16.9. The van der Waals surface area contributed by atoms with Crippen LogP contribution in [-0.2, 0) is 19.5 Å². The highest BCUT2D eigenvalue weighted by Gasteiger charge is 2.49. The summed E-state index contributed by atoms with van der Waals surface area (Å²) in [4.78, 5) is 18.1. The molecule has 2 saturated heterocycles. The Morgan fingerprint density at radius 1 is 1.11 bits per heavy atom. The number of fused-ring (bicyclic) bond motifs is 4. The second kappa shape index (κ2) is 11.3. The Balaban J connectivity index is 1.28. The molecule has 0 amide bonds. The number of pyridine rings is 1. The maximum absolute atomic E-state index is 16.9. The summed E-state index contributed by atoms with van der Waals surface area (Å²) in [7, 11) is 0. The van der Waals surface area contributed by atoms with Gasteiger partial charge in [0, 0.05) is 43.9 Å². The van der Waals surface area contributed by atoms with E-state index in [4.69, 9.17) is 15.5 Å². The highest BCUT2D eigenvalue weighted by Crippen LogP contribution is 2.42. The van der Waals surface area contributed by atoms with E-state index in [1.807, 2.05) is 22.6 Å². The molecule has 10 nitrogen and oxygen atoms in total. The van der Waals surface area contributed by atoms with E-state index in [9.17, 15) is 13.9 Å². The molecule has 2 fully saturated rings. The highest BCUT2D eigenvalue weighted by molar-refractivity contribution is 6.01. The summed E-state index contributed by atoms with van der Waals surface area (Å²) >= 11 is 0. The van der Waals surface area contributed by atoms with Gasteiger partial charge in [-0.2, -0.15) is 15.1 Å². The van der Waals surface area contributed by atoms with Crippen molar-refractivity contribution >= 4 is 33.3 Å². The second-order valence-corrected chi connectivity index (χ2v) is 12.9. The van der Waals surface area contributed by atoms with Gasteiger partial charge in [0.2, 0.25) is 0 Å². The third kappa shape index (κ3) is 4.98. The number of aryl methyl sites for hydroxylation is 2. The van der Waals surface area contributed by atoms with Crippen molar-refractivity contribution in [2.75, 3.05) is 36.9 Å². The van der Waals surface area contributed by atoms with Crippen LogP contribution in [0.2, 0.25) is 0 Å². The Morgan fingerprint density at radius 3 is 2.83 bits per heavy atom. The number of hydrogen-bond donors (Lipinski definition) is 2. The minimum Gasteiger partial charge on any atom is -0.508 e. The SMILES string of the molecule is CCc1c(F)ccc2cc(O)cc(-c3ncc4c(N5CCCn6nc(N)cc6C5)nc(OC[C@@]56CCCN5C[C@H](F)C6)nc4c3F)c12. The van der Waals surface area contributed by atoms with Crippen molar-refractivity contribution in [2.24, 2.45) is 0 Å². The lowest BCUT2D eigenvalue weighted by atomic mass is 9.94. The molecule has 3 aliphatic heterocycles. The van der Waals surface area contributed by atoms with Gasteiger partial charge in [-0.05, 0) is 66.8 Å². The van der Waals surface area contributed by atoms with Crippen LogP contribution in [0.15, 0.2) is 36.5 Å². The van der Waals surface area contributed by atoms with Gasteiger partial charge < -0.3 is 20.5 Å². The van der Waals surface area contributed by atoms with Crippen LogP contribution in [0.1, 0.15) is 43.9 Å². The van der Waals surface area contributed by atoms with Crippen LogP contribution in [-0.4, -0.2) is 72.7 Å². The molecule has 8 rings (SSSR count). The number of nitrogens with zero attached hydrogens (tertiary/aromatic N) is 7. The first-order chi connectivity index (χ1) is 22.7. The number of ether oxygens (including phenoxy) is 1. The number of hydrogen-bond acceptors (Lipinski definition) is 9. The van der Waals surface area contributed by atoms with Crippen molar-refractivity contribution in [3.05, 3.63) is 59.4 Å². The Kier molecular flexibility index (Phi) is 7.12. The Bertz CT molecular complexity index is 2040.